The summed E-state index contributed by atoms with van der Waals surface area (Å²) in [5.41, 5.74) is 1.34. The van der Waals surface area contributed by atoms with E-state index in [1.165, 1.54) is 31.9 Å². The van der Waals surface area contributed by atoms with Crippen molar-refractivity contribution in [1.29, 1.82) is 0 Å². The number of anilines is 1. The minimum absolute atomic E-state index is 1.15. The SMILES string of the molecule is Brc1ccc(N2CC[NH2+]CC2)cc1. The molecule has 1 aromatic rings. The third kappa shape index (κ3) is 2.23. The van der Waals surface area contributed by atoms with Crippen LogP contribution in [-0.2, 0) is 0 Å². The summed E-state index contributed by atoms with van der Waals surface area (Å²) in [7, 11) is 0. The Labute approximate surface area is 87.1 Å². The first-order valence-electron chi connectivity index (χ1n) is 4.68. The van der Waals surface area contributed by atoms with Crippen LogP contribution in [0.5, 0.6) is 0 Å². The Bertz CT molecular complexity index is 265. The molecule has 0 unspecified atom stereocenters. The van der Waals surface area contributed by atoms with Gasteiger partial charge in [-0.15, -0.1) is 0 Å². The fourth-order valence-electron chi connectivity index (χ4n) is 1.66. The lowest BCUT2D eigenvalue weighted by Gasteiger charge is -2.27. The van der Waals surface area contributed by atoms with E-state index >= 15 is 0 Å². The number of halogens is 1. The van der Waals surface area contributed by atoms with Crippen molar-refractivity contribution < 1.29 is 5.32 Å². The van der Waals surface area contributed by atoms with Gasteiger partial charge in [0.05, 0.1) is 26.2 Å². The molecule has 0 atom stereocenters. The van der Waals surface area contributed by atoms with E-state index in [4.69, 9.17) is 0 Å². The van der Waals surface area contributed by atoms with Gasteiger partial charge < -0.3 is 10.2 Å². The van der Waals surface area contributed by atoms with Crippen molar-refractivity contribution in [1.82, 2.24) is 0 Å². The van der Waals surface area contributed by atoms with Crippen LogP contribution in [0, 0.1) is 0 Å². The Morgan fingerprint density at radius 1 is 1.08 bits per heavy atom. The van der Waals surface area contributed by atoms with E-state index in [-0.39, 0.29) is 0 Å². The van der Waals surface area contributed by atoms with Gasteiger partial charge in [-0.1, -0.05) is 15.9 Å². The molecular weight excluding hydrogens is 228 g/mol. The van der Waals surface area contributed by atoms with Crippen LogP contribution in [0.4, 0.5) is 5.69 Å². The first-order valence-corrected chi connectivity index (χ1v) is 5.48. The number of piperazine rings is 1. The molecule has 1 heterocycles. The molecule has 1 aromatic carbocycles. The lowest BCUT2D eigenvalue weighted by Crippen LogP contribution is -2.89. The molecule has 1 saturated heterocycles. The molecule has 3 heteroatoms. The Balaban J connectivity index is 2.10. The van der Waals surface area contributed by atoms with E-state index in [1.807, 2.05) is 0 Å². The molecular formula is C10H14BrN2+. The van der Waals surface area contributed by atoms with Gasteiger partial charge in [-0.05, 0) is 24.3 Å². The maximum Gasteiger partial charge on any atom is 0.0934 e. The van der Waals surface area contributed by atoms with E-state index in [2.05, 4.69) is 50.4 Å². The second-order valence-electron chi connectivity index (χ2n) is 3.33. The van der Waals surface area contributed by atoms with Crippen molar-refractivity contribution in [3.8, 4) is 0 Å². The van der Waals surface area contributed by atoms with Gasteiger partial charge >= 0.3 is 0 Å². The van der Waals surface area contributed by atoms with Crippen molar-refractivity contribution in [3.05, 3.63) is 28.7 Å². The van der Waals surface area contributed by atoms with E-state index in [1.54, 1.807) is 0 Å². The summed E-state index contributed by atoms with van der Waals surface area (Å²) in [5.74, 6) is 0. The molecule has 0 amide bonds. The van der Waals surface area contributed by atoms with Gasteiger partial charge in [0.2, 0.25) is 0 Å². The van der Waals surface area contributed by atoms with Gasteiger partial charge in [0.15, 0.2) is 0 Å². The lowest BCUT2D eigenvalue weighted by molar-refractivity contribution is -0.655. The van der Waals surface area contributed by atoms with E-state index in [0.717, 1.165) is 4.47 Å². The van der Waals surface area contributed by atoms with Crippen LogP contribution in [0.15, 0.2) is 28.7 Å². The topological polar surface area (TPSA) is 19.9 Å². The van der Waals surface area contributed by atoms with E-state index in [0.29, 0.717) is 0 Å². The molecule has 0 aromatic heterocycles. The number of nitrogens with zero attached hydrogens (tertiary/aromatic N) is 1. The minimum atomic E-state index is 1.15. The van der Waals surface area contributed by atoms with Crippen molar-refractivity contribution in [3.63, 3.8) is 0 Å². The van der Waals surface area contributed by atoms with E-state index < -0.39 is 0 Å². The standard InChI is InChI=1S/C10H13BrN2/c11-9-1-3-10(4-2-9)13-7-5-12-6-8-13/h1-4,12H,5-8H2/p+1. The van der Waals surface area contributed by atoms with Gasteiger partial charge in [0.25, 0.3) is 0 Å². The smallest absolute Gasteiger partial charge is 0.0934 e. The molecule has 0 aliphatic carbocycles. The summed E-state index contributed by atoms with van der Waals surface area (Å²) < 4.78 is 1.15. The number of rotatable bonds is 1. The Morgan fingerprint density at radius 3 is 2.31 bits per heavy atom. The molecule has 1 aliphatic heterocycles. The molecule has 2 N–H and O–H groups in total. The monoisotopic (exact) mass is 241 g/mol. The number of hydrogen-bond acceptors (Lipinski definition) is 1. The largest absolute Gasteiger partial charge is 0.360 e. The number of nitrogens with two attached hydrogens (primary N) is 1. The summed E-state index contributed by atoms with van der Waals surface area (Å²) >= 11 is 3.44. The second-order valence-corrected chi connectivity index (χ2v) is 4.25. The summed E-state index contributed by atoms with van der Waals surface area (Å²) in [6, 6.07) is 8.56. The van der Waals surface area contributed by atoms with Crippen LogP contribution in [0.25, 0.3) is 0 Å². The zero-order chi connectivity index (χ0) is 9.10. The second kappa shape index (κ2) is 4.11. The summed E-state index contributed by atoms with van der Waals surface area (Å²) in [5, 5.41) is 2.37. The van der Waals surface area contributed by atoms with Crippen molar-refractivity contribution in [2.24, 2.45) is 0 Å². The van der Waals surface area contributed by atoms with Gasteiger partial charge in [-0.2, -0.15) is 0 Å². The molecule has 1 aliphatic rings. The fraction of sp³-hybridized carbons (Fsp3) is 0.400. The van der Waals surface area contributed by atoms with Crippen LogP contribution in [0.3, 0.4) is 0 Å². The third-order valence-electron chi connectivity index (χ3n) is 2.40. The van der Waals surface area contributed by atoms with Crippen LogP contribution in [-0.4, -0.2) is 26.2 Å². The van der Waals surface area contributed by atoms with Gasteiger partial charge in [-0.25, -0.2) is 0 Å². The summed E-state index contributed by atoms with van der Waals surface area (Å²) in [6.45, 7) is 4.77. The predicted molar refractivity (Wildman–Crippen MR) is 58.0 cm³/mol. The van der Waals surface area contributed by atoms with Gasteiger partial charge in [-0.3, -0.25) is 0 Å². The lowest BCUT2D eigenvalue weighted by atomic mass is 10.2. The highest BCUT2D eigenvalue weighted by molar-refractivity contribution is 9.10. The average molecular weight is 242 g/mol. The molecule has 0 radical (unpaired) electrons. The molecule has 13 heavy (non-hydrogen) atoms. The molecule has 70 valence electrons. The zero-order valence-electron chi connectivity index (χ0n) is 7.54. The van der Waals surface area contributed by atoms with Crippen LogP contribution < -0.4 is 10.2 Å². The minimum Gasteiger partial charge on any atom is -0.360 e. The molecule has 2 nitrogen and oxygen atoms in total. The first-order chi connectivity index (χ1) is 6.36. The molecule has 0 spiro atoms. The van der Waals surface area contributed by atoms with Crippen molar-refractivity contribution >= 4 is 21.6 Å². The highest BCUT2D eigenvalue weighted by atomic mass is 79.9. The highest BCUT2D eigenvalue weighted by Gasteiger charge is 2.11. The summed E-state index contributed by atoms with van der Waals surface area (Å²) in [6.07, 6.45) is 0. The fourth-order valence-corrected chi connectivity index (χ4v) is 1.92. The Morgan fingerprint density at radius 2 is 1.69 bits per heavy atom. The number of benzene rings is 1. The van der Waals surface area contributed by atoms with Crippen molar-refractivity contribution in [2.75, 3.05) is 31.1 Å². The number of hydrogen-bond donors (Lipinski definition) is 1. The molecule has 0 saturated carbocycles. The van der Waals surface area contributed by atoms with Crippen LogP contribution in [0.1, 0.15) is 0 Å². The van der Waals surface area contributed by atoms with Crippen molar-refractivity contribution in [2.45, 2.75) is 0 Å². The maximum atomic E-state index is 3.44. The Kier molecular flexibility index (Phi) is 2.86. The van der Waals surface area contributed by atoms with Gasteiger partial charge in [0, 0.05) is 10.2 Å². The molecule has 0 bridgehead atoms. The highest BCUT2D eigenvalue weighted by Crippen LogP contribution is 2.17. The van der Waals surface area contributed by atoms with Crippen LogP contribution in [0.2, 0.25) is 0 Å². The summed E-state index contributed by atoms with van der Waals surface area (Å²) in [4.78, 5) is 2.44. The number of quaternary nitrogens is 1. The van der Waals surface area contributed by atoms with E-state index in [9.17, 15) is 0 Å². The maximum absolute atomic E-state index is 3.44. The Hall–Kier alpha value is -0.540. The molecule has 2 rings (SSSR count). The molecule has 1 fully saturated rings. The van der Waals surface area contributed by atoms with Crippen LogP contribution >= 0.6 is 15.9 Å². The average Bonchev–Trinajstić information content (AvgIpc) is 2.20. The normalized spacial score (nSPS) is 17.5. The third-order valence-corrected chi connectivity index (χ3v) is 2.93. The first kappa shape index (κ1) is 9.03. The zero-order valence-corrected chi connectivity index (χ0v) is 9.13. The van der Waals surface area contributed by atoms with Gasteiger partial charge in [0.1, 0.15) is 0 Å². The quantitative estimate of drug-likeness (QED) is 0.773. The predicted octanol–water partition coefficient (Wildman–Crippen LogP) is 0.832.